The Balaban J connectivity index is 2.09. The standard InChI is InChI=1S/C23H36N4O3/c1-15(2)14-19(26-21(28)17(4)24-5)23(30)27-13-9-12-20(27)22(29)25-16(3)18-10-7-6-8-11-18/h6-8,10-11,15-17,19-20,24H,9,12-14H2,1-5H3,(H,25,29)(H,26,28)/t16-,17+,19+,20+/m1/s1. The van der Waals surface area contributed by atoms with Crippen molar-refractivity contribution in [3.63, 3.8) is 0 Å². The lowest BCUT2D eigenvalue weighted by molar-refractivity contribution is -0.142. The molecule has 166 valence electrons. The molecular formula is C23H36N4O3. The number of nitrogens with one attached hydrogen (secondary N) is 3. The highest BCUT2D eigenvalue weighted by Crippen LogP contribution is 2.22. The first-order valence-corrected chi connectivity index (χ1v) is 10.9. The minimum Gasteiger partial charge on any atom is -0.348 e. The molecule has 1 saturated heterocycles. The largest absolute Gasteiger partial charge is 0.348 e. The van der Waals surface area contributed by atoms with Crippen molar-refractivity contribution in [1.82, 2.24) is 20.9 Å². The van der Waals surface area contributed by atoms with E-state index in [2.05, 4.69) is 16.0 Å². The topological polar surface area (TPSA) is 90.5 Å². The first-order valence-electron chi connectivity index (χ1n) is 10.9. The number of amides is 3. The van der Waals surface area contributed by atoms with E-state index in [1.165, 1.54) is 0 Å². The molecule has 7 nitrogen and oxygen atoms in total. The van der Waals surface area contributed by atoms with Gasteiger partial charge in [-0.1, -0.05) is 44.2 Å². The van der Waals surface area contributed by atoms with E-state index in [0.717, 1.165) is 12.0 Å². The summed E-state index contributed by atoms with van der Waals surface area (Å²) in [5.74, 6) is -0.299. The number of likely N-dealkylation sites (N-methyl/N-ethyl adjacent to an activating group) is 1. The Labute approximate surface area is 180 Å². The quantitative estimate of drug-likeness (QED) is 0.574. The third-order valence-electron chi connectivity index (χ3n) is 5.64. The number of benzene rings is 1. The van der Waals surface area contributed by atoms with Gasteiger partial charge in [0.2, 0.25) is 17.7 Å². The fraction of sp³-hybridized carbons (Fsp3) is 0.609. The summed E-state index contributed by atoms with van der Waals surface area (Å²) in [6.45, 7) is 8.26. The third kappa shape index (κ3) is 6.29. The lowest BCUT2D eigenvalue weighted by Crippen LogP contribution is -2.56. The zero-order chi connectivity index (χ0) is 22.3. The number of rotatable bonds is 9. The van der Waals surface area contributed by atoms with Gasteiger partial charge in [-0.3, -0.25) is 14.4 Å². The van der Waals surface area contributed by atoms with Crippen LogP contribution in [0.1, 0.15) is 58.6 Å². The van der Waals surface area contributed by atoms with Crippen LogP contribution in [0.15, 0.2) is 30.3 Å². The molecule has 0 radical (unpaired) electrons. The summed E-state index contributed by atoms with van der Waals surface area (Å²) in [6.07, 6.45) is 1.94. The summed E-state index contributed by atoms with van der Waals surface area (Å²) in [4.78, 5) is 40.3. The highest BCUT2D eigenvalue weighted by molar-refractivity contribution is 5.93. The number of likely N-dealkylation sites (tertiary alicyclic amines) is 1. The number of nitrogens with zero attached hydrogens (tertiary/aromatic N) is 1. The summed E-state index contributed by atoms with van der Waals surface area (Å²) in [5, 5.41) is 8.81. The average molecular weight is 417 g/mol. The van der Waals surface area contributed by atoms with Gasteiger partial charge in [-0.25, -0.2) is 0 Å². The molecule has 0 saturated carbocycles. The van der Waals surface area contributed by atoms with Crippen LogP contribution >= 0.6 is 0 Å². The minimum atomic E-state index is -0.631. The number of carbonyl (C=O) groups is 3. The molecule has 3 amide bonds. The molecule has 0 unspecified atom stereocenters. The second kappa shape index (κ2) is 11.1. The van der Waals surface area contributed by atoms with Crippen molar-refractivity contribution in [3.8, 4) is 0 Å². The molecule has 1 aliphatic heterocycles. The van der Waals surface area contributed by atoms with Gasteiger partial charge in [0.25, 0.3) is 0 Å². The molecule has 1 fully saturated rings. The fourth-order valence-electron chi connectivity index (χ4n) is 3.76. The van der Waals surface area contributed by atoms with Crippen LogP contribution in [0.4, 0.5) is 0 Å². The third-order valence-corrected chi connectivity index (χ3v) is 5.64. The Morgan fingerprint density at radius 3 is 2.33 bits per heavy atom. The van der Waals surface area contributed by atoms with Gasteiger partial charge < -0.3 is 20.9 Å². The fourth-order valence-corrected chi connectivity index (χ4v) is 3.76. The molecule has 3 N–H and O–H groups in total. The molecule has 4 atom stereocenters. The zero-order valence-electron chi connectivity index (χ0n) is 18.8. The molecule has 0 aliphatic carbocycles. The molecule has 0 spiro atoms. The van der Waals surface area contributed by atoms with Gasteiger partial charge in [-0.15, -0.1) is 0 Å². The van der Waals surface area contributed by atoms with Crippen molar-refractivity contribution in [2.75, 3.05) is 13.6 Å². The molecule has 7 heteroatoms. The van der Waals surface area contributed by atoms with Gasteiger partial charge in [0.05, 0.1) is 12.1 Å². The SMILES string of the molecule is CN[C@@H](C)C(=O)N[C@@H](CC(C)C)C(=O)N1CCC[C@H]1C(=O)N[C@H](C)c1ccccc1. The molecule has 1 heterocycles. The Hall–Kier alpha value is -2.41. The van der Waals surface area contributed by atoms with E-state index in [9.17, 15) is 14.4 Å². The maximum atomic E-state index is 13.3. The zero-order valence-corrected chi connectivity index (χ0v) is 18.8. The average Bonchev–Trinajstić information content (AvgIpc) is 3.22. The molecule has 0 bridgehead atoms. The van der Waals surface area contributed by atoms with Crippen LogP contribution in [0, 0.1) is 5.92 Å². The van der Waals surface area contributed by atoms with E-state index < -0.39 is 18.1 Å². The van der Waals surface area contributed by atoms with Crippen LogP contribution in [0.2, 0.25) is 0 Å². The maximum absolute atomic E-state index is 13.3. The summed E-state index contributed by atoms with van der Waals surface area (Å²) < 4.78 is 0. The number of hydrogen-bond acceptors (Lipinski definition) is 4. The Bertz CT molecular complexity index is 722. The van der Waals surface area contributed by atoms with E-state index in [4.69, 9.17) is 0 Å². The maximum Gasteiger partial charge on any atom is 0.245 e. The predicted octanol–water partition coefficient (Wildman–Crippen LogP) is 1.99. The lowest BCUT2D eigenvalue weighted by atomic mass is 10.0. The first-order chi connectivity index (χ1) is 14.2. The van der Waals surface area contributed by atoms with Crippen molar-refractivity contribution >= 4 is 17.7 Å². The highest BCUT2D eigenvalue weighted by atomic mass is 16.2. The van der Waals surface area contributed by atoms with Crippen LogP contribution in [-0.4, -0.2) is 54.3 Å². The van der Waals surface area contributed by atoms with Crippen molar-refractivity contribution < 1.29 is 14.4 Å². The van der Waals surface area contributed by atoms with E-state index in [1.54, 1.807) is 18.9 Å². The molecule has 1 aromatic carbocycles. The van der Waals surface area contributed by atoms with Crippen LogP contribution < -0.4 is 16.0 Å². The van der Waals surface area contributed by atoms with Crippen LogP contribution in [0.3, 0.4) is 0 Å². The van der Waals surface area contributed by atoms with E-state index in [1.807, 2.05) is 51.1 Å². The summed E-state index contributed by atoms with van der Waals surface area (Å²) in [6, 6.07) is 8.09. The summed E-state index contributed by atoms with van der Waals surface area (Å²) in [7, 11) is 1.71. The predicted molar refractivity (Wildman–Crippen MR) is 118 cm³/mol. The van der Waals surface area contributed by atoms with Gasteiger partial charge in [-0.05, 0) is 51.6 Å². The highest BCUT2D eigenvalue weighted by Gasteiger charge is 2.38. The second-order valence-electron chi connectivity index (χ2n) is 8.53. The van der Waals surface area contributed by atoms with E-state index in [0.29, 0.717) is 19.4 Å². The van der Waals surface area contributed by atoms with Gasteiger partial charge in [0, 0.05) is 6.54 Å². The summed E-state index contributed by atoms with van der Waals surface area (Å²) in [5.41, 5.74) is 1.02. The van der Waals surface area contributed by atoms with Crippen LogP contribution in [-0.2, 0) is 14.4 Å². The number of hydrogen-bond donors (Lipinski definition) is 3. The smallest absolute Gasteiger partial charge is 0.245 e. The first kappa shape index (κ1) is 23.9. The van der Waals surface area contributed by atoms with Gasteiger partial charge in [0.1, 0.15) is 12.1 Å². The lowest BCUT2D eigenvalue weighted by Gasteiger charge is -2.30. The van der Waals surface area contributed by atoms with E-state index in [-0.39, 0.29) is 29.7 Å². The number of carbonyl (C=O) groups excluding carboxylic acids is 3. The van der Waals surface area contributed by atoms with Gasteiger partial charge in [0.15, 0.2) is 0 Å². The molecule has 0 aromatic heterocycles. The van der Waals surface area contributed by atoms with Crippen molar-refractivity contribution in [2.24, 2.45) is 5.92 Å². The molecule has 1 aromatic rings. The van der Waals surface area contributed by atoms with E-state index >= 15 is 0 Å². The minimum absolute atomic E-state index is 0.140. The molecule has 2 rings (SSSR count). The monoisotopic (exact) mass is 416 g/mol. The Morgan fingerprint density at radius 2 is 1.73 bits per heavy atom. The van der Waals surface area contributed by atoms with Crippen molar-refractivity contribution in [1.29, 1.82) is 0 Å². The second-order valence-corrected chi connectivity index (χ2v) is 8.53. The molecular weight excluding hydrogens is 380 g/mol. The molecule has 30 heavy (non-hydrogen) atoms. The van der Waals surface area contributed by atoms with Crippen LogP contribution in [0.5, 0.6) is 0 Å². The Kier molecular flexibility index (Phi) is 8.84. The van der Waals surface area contributed by atoms with Crippen molar-refractivity contribution in [2.45, 2.75) is 71.1 Å². The van der Waals surface area contributed by atoms with Crippen molar-refractivity contribution in [3.05, 3.63) is 35.9 Å². The normalized spacial score (nSPS) is 19.3. The van der Waals surface area contributed by atoms with Gasteiger partial charge >= 0.3 is 0 Å². The Morgan fingerprint density at radius 1 is 1.07 bits per heavy atom. The van der Waals surface area contributed by atoms with Crippen LogP contribution in [0.25, 0.3) is 0 Å². The van der Waals surface area contributed by atoms with Gasteiger partial charge in [-0.2, -0.15) is 0 Å². The summed E-state index contributed by atoms with van der Waals surface area (Å²) >= 11 is 0. The molecule has 1 aliphatic rings.